The summed E-state index contributed by atoms with van der Waals surface area (Å²) >= 11 is 9.37. The number of rotatable bonds is 3. The van der Waals surface area contributed by atoms with Gasteiger partial charge >= 0.3 is 0 Å². The van der Waals surface area contributed by atoms with Crippen molar-refractivity contribution in [3.8, 4) is 5.75 Å². The monoisotopic (exact) mass is 346 g/mol. The Morgan fingerprint density at radius 1 is 1.11 bits per heavy atom. The summed E-state index contributed by atoms with van der Waals surface area (Å²) in [6.45, 7) is 0. The number of methoxy groups -OCH3 is 1. The van der Waals surface area contributed by atoms with E-state index in [1.54, 1.807) is 18.2 Å². The lowest BCUT2D eigenvalue weighted by Crippen LogP contribution is -1.98. The molecule has 1 nitrogen and oxygen atoms in total. The van der Waals surface area contributed by atoms with Gasteiger partial charge in [-0.15, -0.1) is 11.6 Å². The van der Waals surface area contributed by atoms with E-state index in [2.05, 4.69) is 15.9 Å². The maximum Gasteiger partial charge on any atom is 0.165 e. The van der Waals surface area contributed by atoms with Gasteiger partial charge in [-0.25, -0.2) is 8.78 Å². The minimum atomic E-state index is -0.756. The van der Waals surface area contributed by atoms with Gasteiger partial charge in [0.2, 0.25) is 0 Å². The fraction of sp³-hybridized carbons (Fsp3) is 0.143. The van der Waals surface area contributed by atoms with Gasteiger partial charge in [0.15, 0.2) is 11.6 Å². The van der Waals surface area contributed by atoms with E-state index in [1.807, 2.05) is 0 Å². The lowest BCUT2D eigenvalue weighted by atomic mass is 10.0. The summed E-state index contributed by atoms with van der Waals surface area (Å²) < 4.78 is 32.9. The van der Waals surface area contributed by atoms with Gasteiger partial charge in [-0.1, -0.05) is 28.1 Å². The van der Waals surface area contributed by atoms with E-state index < -0.39 is 17.0 Å². The van der Waals surface area contributed by atoms with E-state index >= 15 is 0 Å². The van der Waals surface area contributed by atoms with E-state index in [4.69, 9.17) is 16.3 Å². The smallest absolute Gasteiger partial charge is 0.165 e. The molecule has 0 saturated carbocycles. The molecular weight excluding hydrogens is 338 g/mol. The Labute approximate surface area is 123 Å². The van der Waals surface area contributed by atoms with E-state index in [0.29, 0.717) is 15.6 Å². The third kappa shape index (κ3) is 3.07. The largest absolute Gasteiger partial charge is 0.494 e. The van der Waals surface area contributed by atoms with Crippen LogP contribution in [0, 0.1) is 11.6 Å². The van der Waals surface area contributed by atoms with Gasteiger partial charge in [0.1, 0.15) is 5.82 Å². The number of hydrogen-bond donors (Lipinski definition) is 0. The zero-order valence-electron chi connectivity index (χ0n) is 9.96. The molecule has 2 rings (SSSR count). The van der Waals surface area contributed by atoms with E-state index in [0.717, 1.165) is 0 Å². The van der Waals surface area contributed by atoms with Crippen LogP contribution in [0.15, 0.2) is 40.9 Å². The van der Waals surface area contributed by atoms with Gasteiger partial charge in [0.05, 0.1) is 12.5 Å². The molecule has 0 aliphatic heterocycles. The number of halogens is 4. The van der Waals surface area contributed by atoms with Crippen LogP contribution < -0.4 is 4.74 Å². The topological polar surface area (TPSA) is 9.23 Å². The SMILES string of the molecule is COc1ccc(C(Cl)c2ccc(Br)cc2F)cc1F. The maximum absolute atomic E-state index is 13.8. The molecule has 0 aliphatic rings. The molecule has 1 unspecified atom stereocenters. The minimum Gasteiger partial charge on any atom is -0.494 e. The van der Waals surface area contributed by atoms with Crippen molar-refractivity contribution >= 4 is 27.5 Å². The summed E-state index contributed by atoms with van der Waals surface area (Å²) in [6, 6.07) is 8.91. The molecule has 0 heterocycles. The average molecular weight is 348 g/mol. The summed E-state index contributed by atoms with van der Waals surface area (Å²) in [6.07, 6.45) is 0. The van der Waals surface area contributed by atoms with Crippen molar-refractivity contribution in [1.29, 1.82) is 0 Å². The highest BCUT2D eigenvalue weighted by atomic mass is 79.9. The molecule has 0 aliphatic carbocycles. The first-order chi connectivity index (χ1) is 9.02. The molecule has 0 spiro atoms. The van der Waals surface area contributed by atoms with Crippen LogP contribution in [0.4, 0.5) is 8.78 Å². The molecule has 0 radical (unpaired) electrons. The second kappa shape index (κ2) is 5.88. The molecule has 0 N–H and O–H groups in total. The van der Waals surface area contributed by atoms with Crippen LogP contribution in [0.25, 0.3) is 0 Å². The summed E-state index contributed by atoms with van der Waals surface area (Å²) in [5.41, 5.74) is 0.774. The molecule has 0 amide bonds. The molecule has 19 heavy (non-hydrogen) atoms. The van der Waals surface area contributed by atoms with Crippen LogP contribution in [0.1, 0.15) is 16.5 Å². The Hall–Kier alpha value is -1.13. The molecule has 0 saturated heterocycles. The Bertz CT molecular complexity index is 604. The predicted molar refractivity (Wildman–Crippen MR) is 74.7 cm³/mol. The van der Waals surface area contributed by atoms with Crippen molar-refractivity contribution < 1.29 is 13.5 Å². The average Bonchev–Trinajstić information content (AvgIpc) is 2.38. The lowest BCUT2D eigenvalue weighted by molar-refractivity contribution is 0.386. The van der Waals surface area contributed by atoms with Crippen molar-refractivity contribution in [3.05, 3.63) is 63.6 Å². The first-order valence-corrected chi connectivity index (χ1v) is 6.68. The highest BCUT2D eigenvalue weighted by Crippen LogP contribution is 2.33. The lowest BCUT2D eigenvalue weighted by Gasteiger charge is -2.13. The third-order valence-corrected chi connectivity index (χ3v) is 3.68. The van der Waals surface area contributed by atoms with Gasteiger partial charge < -0.3 is 4.74 Å². The van der Waals surface area contributed by atoms with Crippen molar-refractivity contribution in [2.45, 2.75) is 5.38 Å². The summed E-state index contributed by atoms with van der Waals surface area (Å²) in [5.74, 6) is -0.835. The quantitative estimate of drug-likeness (QED) is 0.705. The molecule has 2 aromatic rings. The number of alkyl halides is 1. The predicted octanol–water partition coefficient (Wildman–Crippen LogP) is 5.06. The van der Waals surface area contributed by atoms with Crippen LogP contribution in [-0.2, 0) is 0 Å². The van der Waals surface area contributed by atoms with E-state index in [1.165, 1.54) is 25.3 Å². The van der Waals surface area contributed by atoms with Crippen molar-refractivity contribution in [1.82, 2.24) is 0 Å². The molecule has 2 aromatic carbocycles. The highest BCUT2D eigenvalue weighted by Gasteiger charge is 2.17. The molecule has 0 bridgehead atoms. The number of ether oxygens (including phenoxy) is 1. The number of benzene rings is 2. The van der Waals surface area contributed by atoms with Crippen molar-refractivity contribution in [2.75, 3.05) is 7.11 Å². The molecule has 5 heteroatoms. The zero-order chi connectivity index (χ0) is 14.0. The van der Waals surface area contributed by atoms with Crippen LogP contribution in [0.3, 0.4) is 0 Å². The van der Waals surface area contributed by atoms with Crippen LogP contribution in [-0.4, -0.2) is 7.11 Å². The van der Waals surface area contributed by atoms with Gasteiger partial charge in [-0.05, 0) is 29.8 Å². The van der Waals surface area contributed by atoms with Crippen LogP contribution in [0.5, 0.6) is 5.75 Å². The van der Waals surface area contributed by atoms with Crippen molar-refractivity contribution in [2.24, 2.45) is 0 Å². The van der Waals surface area contributed by atoms with Gasteiger partial charge in [0.25, 0.3) is 0 Å². The molecule has 100 valence electrons. The fourth-order valence-corrected chi connectivity index (χ4v) is 2.37. The second-order valence-corrected chi connectivity index (χ2v) is 5.27. The van der Waals surface area contributed by atoms with Gasteiger partial charge in [-0.3, -0.25) is 0 Å². The molecule has 0 fully saturated rings. The Morgan fingerprint density at radius 2 is 1.84 bits per heavy atom. The van der Waals surface area contributed by atoms with Crippen LogP contribution in [0.2, 0.25) is 0 Å². The second-order valence-electron chi connectivity index (χ2n) is 3.92. The highest BCUT2D eigenvalue weighted by molar-refractivity contribution is 9.10. The van der Waals surface area contributed by atoms with Gasteiger partial charge in [0, 0.05) is 10.0 Å². The Morgan fingerprint density at radius 3 is 2.42 bits per heavy atom. The van der Waals surface area contributed by atoms with Gasteiger partial charge in [-0.2, -0.15) is 0 Å². The third-order valence-electron chi connectivity index (χ3n) is 2.70. The minimum absolute atomic E-state index is 0.129. The normalized spacial score (nSPS) is 12.3. The first kappa shape index (κ1) is 14.3. The molecule has 1 atom stereocenters. The molecular formula is C14H10BrClF2O. The standard InChI is InChI=1S/C14H10BrClF2O/c1-19-13-5-2-8(6-12(13)18)14(16)10-4-3-9(15)7-11(10)17/h2-7,14H,1H3. The first-order valence-electron chi connectivity index (χ1n) is 5.45. The van der Waals surface area contributed by atoms with E-state index in [9.17, 15) is 8.78 Å². The van der Waals surface area contributed by atoms with Crippen LogP contribution >= 0.6 is 27.5 Å². The summed E-state index contributed by atoms with van der Waals surface area (Å²) in [7, 11) is 1.38. The van der Waals surface area contributed by atoms with E-state index in [-0.39, 0.29) is 5.75 Å². The Balaban J connectivity index is 2.38. The van der Waals surface area contributed by atoms with Crippen molar-refractivity contribution in [3.63, 3.8) is 0 Å². The zero-order valence-corrected chi connectivity index (χ0v) is 12.3. The number of hydrogen-bond acceptors (Lipinski definition) is 1. The maximum atomic E-state index is 13.8. The molecule has 0 aromatic heterocycles. The summed E-state index contributed by atoms with van der Waals surface area (Å²) in [5, 5.41) is -0.756. The summed E-state index contributed by atoms with van der Waals surface area (Å²) in [4.78, 5) is 0. The fourth-order valence-electron chi connectivity index (χ4n) is 1.73. The Kier molecular flexibility index (Phi) is 4.42.